The number of ether oxygens (including phenoxy) is 1. The van der Waals surface area contributed by atoms with Crippen molar-refractivity contribution < 1.29 is 9.53 Å². The number of benzene rings is 2. The maximum absolute atomic E-state index is 12.2. The number of imidazole rings is 1. The predicted molar refractivity (Wildman–Crippen MR) is 128 cm³/mol. The van der Waals surface area contributed by atoms with E-state index in [1.807, 2.05) is 55.6 Å². The molecule has 164 valence electrons. The maximum atomic E-state index is 12.2. The van der Waals surface area contributed by atoms with Gasteiger partial charge in [0.05, 0.1) is 30.9 Å². The first kappa shape index (κ1) is 21.9. The van der Waals surface area contributed by atoms with Crippen molar-refractivity contribution in [2.45, 2.75) is 30.8 Å². The molecule has 0 atom stereocenters. The molecule has 6 nitrogen and oxygen atoms in total. The zero-order chi connectivity index (χ0) is 22.3. The Morgan fingerprint density at radius 1 is 1.06 bits per heavy atom. The van der Waals surface area contributed by atoms with Gasteiger partial charge in [0.25, 0.3) is 5.91 Å². The highest BCUT2D eigenvalue weighted by molar-refractivity contribution is 7.98. The quantitative estimate of drug-likeness (QED) is 0.370. The van der Waals surface area contributed by atoms with E-state index < -0.39 is 0 Å². The first-order chi connectivity index (χ1) is 15.7. The van der Waals surface area contributed by atoms with Crippen molar-refractivity contribution >= 4 is 28.7 Å². The second-order valence-electron chi connectivity index (χ2n) is 7.43. The average Bonchev–Trinajstić information content (AvgIpc) is 3.19. The molecule has 2 aromatic carbocycles. The number of methoxy groups -OCH3 is 1. The van der Waals surface area contributed by atoms with Gasteiger partial charge in [-0.1, -0.05) is 43.0 Å². The third-order valence-corrected chi connectivity index (χ3v) is 6.18. The number of nitrogens with one attached hydrogen (secondary N) is 1. The first-order valence-electron chi connectivity index (χ1n) is 10.6. The molecule has 4 aromatic rings. The third kappa shape index (κ3) is 5.11. The normalized spacial score (nSPS) is 10.9. The van der Waals surface area contributed by atoms with E-state index >= 15 is 0 Å². The Bertz CT molecular complexity index is 1190. The van der Waals surface area contributed by atoms with Crippen molar-refractivity contribution in [1.82, 2.24) is 19.9 Å². The smallest absolute Gasteiger partial charge is 0.251 e. The van der Waals surface area contributed by atoms with E-state index in [4.69, 9.17) is 9.72 Å². The van der Waals surface area contributed by atoms with Crippen LogP contribution in [0.1, 0.15) is 34.8 Å². The van der Waals surface area contributed by atoms with Crippen LogP contribution in [0.2, 0.25) is 0 Å². The molecule has 2 aromatic heterocycles. The highest BCUT2D eigenvalue weighted by Crippen LogP contribution is 2.28. The number of carbonyl (C=O) groups is 1. The molecular formula is C25H26N4O2S. The van der Waals surface area contributed by atoms with Gasteiger partial charge in [0.1, 0.15) is 5.75 Å². The van der Waals surface area contributed by atoms with Crippen LogP contribution in [0.15, 0.2) is 72.1 Å². The molecule has 0 saturated heterocycles. The van der Waals surface area contributed by atoms with Gasteiger partial charge < -0.3 is 14.6 Å². The van der Waals surface area contributed by atoms with Gasteiger partial charge in [-0.05, 0) is 47.9 Å². The van der Waals surface area contributed by atoms with Gasteiger partial charge in [-0.15, -0.1) is 0 Å². The Morgan fingerprint density at radius 2 is 1.81 bits per heavy atom. The van der Waals surface area contributed by atoms with Crippen LogP contribution < -0.4 is 10.1 Å². The standard InChI is InChI=1S/C25H26N4O2S/c1-3-13-27-24(30)20-8-4-18(5-9-20)16-29-23-15-26-14-12-22(23)28-25(29)32-17-19-6-10-21(31-2)11-7-19/h4-12,14-15H,3,13,16-17H2,1-2H3,(H,27,30). The van der Waals surface area contributed by atoms with Crippen LogP contribution in [0.25, 0.3) is 11.0 Å². The molecule has 0 spiro atoms. The lowest BCUT2D eigenvalue weighted by Gasteiger charge is -2.10. The van der Waals surface area contributed by atoms with Crippen LogP contribution in [-0.4, -0.2) is 34.1 Å². The summed E-state index contributed by atoms with van der Waals surface area (Å²) < 4.78 is 7.43. The number of amides is 1. The van der Waals surface area contributed by atoms with Crippen LogP contribution in [0.3, 0.4) is 0 Å². The number of hydrogen-bond acceptors (Lipinski definition) is 5. The molecule has 0 unspecified atom stereocenters. The molecule has 0 fully saturated rings. The molecule has 0 bridgehead atoms. The predicted octanol–water partition coefficient (Wildman–Crippen LogP) is 4.92. The van der Waals surface area contributed by atoms with Gasteiger partial charge in [-0.2, -0.15) is 0 Å². The highest BCUT2D eigenvalue weighted by Gasteiger charge is 2.13. The van der Waals surface area contributed by atoms with Gasteiger partial charge in [0.15, 0.2) is 5.16 Å². The summed E-state index contributed by atoms with van der Waals surface area (Å²) in [6.07, 6.45) is 4.54. The summed E-state index contributed by atoms with van der Waals surface area (Å²) in [6.45, 7) is 3.38. The zero-order valence-electron chi connectivity index (χ0n) is 18.2. The van der Waals surface area contributed by atoms with Crippen molar-refractivity contribution in [1.29, 1.82) is 0 Å². The topological polar surface area (TPSA) is 69.0 Å². The van der Waals surface area contributed by atoms with Gasteiger partial charge in [-0.3, -0.25) is 9.78 Å². The molecule has 7 heteroatoms. The molecule has 1 N–H and O–H groups in total. The van der Waals surface area contributed by atoms with Gasteiger partial charge >= 0.3 is 0 Å². The molecule has 0 aliphatic rings. The van der Waals surface area contributed by atoms with Gasteiger partial charge in [0, 0.05) is 24.1 Å². The minimum absolute atomic E-state index is 0.0357. The molecular weight excluding hydrogens is 420 g/mol. The molecule has 4 rings (SSSR count). The Hall–Kier alpha value is -3.32. The summed E-state index contributed by atoms with van der Waals surface area (Å²) in [4.78, 5) is 21.3. The zero-order valence-corrected chi connectivity index (χ0v) is 19.1. The average molecular weight is 447 g/mol. The Morgan fingerprint density at radius 3 is 2.53 bits per heavy atom. The number of pyridine rings is 1. The number of aromatic nitrogens is 3. The monoisotopic (exact) mass is 446 g/mol. The largest absolute Gasteiger partial charge is 0.497 e. The molecule has 2 heterocycles. The number of rotatable bonds is 9. The van der Waals surface area contributed by atoms with Gasteiger partial charge in [-0.25, -0.2) is 4.98 Å². The molecule has 0 radical (unpaired) electrons. The van der Waals surface area contributed by atoms with Crippen LogP contribution in [0.5, 0.6) is 5.75 Å². The van der Waals surface area contributed by atoms with Crippen molar-refractivity contribution in [3.8, 4) is 5.75 Å². The fraction of sp³-hybridized carbons (Fsp3) is 0.240. The minimum Gasteiger partial charge on any atom is -0.497 e. The summed E-state index contributed by atoms with van der Waals surface area (Å²) >= 11 is 1.69. The summed E-state index contributed by atoms with van der Waals surface area (Å²) in [5.41, 5.74) is 4.90. The van der Waals surface area contributed by atoms with Crippen LogP contribution >= 0.6 is 11.8 Å². The van der Waals surface area contributed by atoms with E-state index in [9.17, 15) is 4.79 Å². The summed E-state index contributed by atoms with van der Waals surface area (Å²) in [5.74, 6) is 1.62. The Kier molecular flexibility index (Phi) is 7.07. The van der Waals surface area contributed by atoms with Crippen molar-refractivity contribution in [2.24, 2.45) is 0 Å². The van der Waals surface area contributed by atoms with Crippen LogP contribution in [0.4, 0.5) is 0 Å². The number of fused-ring (bicyclic) bond motifs is 1. The highest BCUT2D eigenvalue weighted by atomic mass is 32.2. The number of thioether (sulfide) groups is 1. The first-order valence-corrected chi connectivity index (χ1v) is 11.6. The lowest BCUT2D eigenvalue weighted by molar-refractivity contribution is 0.0953. The fourth-order valence-corrected chi connectivity index (χ4v) is 4.33. The van der Waals surface area contributed by atoms with Crippen LogP contribution in [0, 0.1) is 0 Å². The van der Waals surface area contributed by atoms with Crippen molar-refractivity contribution in [3.05, 3.63) is 83.7 Å². The second-order valence-corrected chi connectivity index (χ2v) is 8.38. The second kappa shape index (κ2) is 10.3. The molecule has 0 saturated carbocycles. The lowest BCUT2D eigenvalue weighted by atomic mass is 10.1. The third-order valence-electron chi connectivity index (χ3n) is 5.13. The summed E-state index contributed by atoms with van der Waals surface area (Å²) in [7, 11) is 1.67. The Balaban J connectivity index is 1.54. The molecule has 1 amide bonds. The van der Waals surface area contributed by atoms with Crippen LogP contribution in [-0.2, 0) is 12.3 Å². The fourth-order valence-electron chi connectivity index (χ4n) is 3.37. The number of hydrogen-bond donors (Lipinski definition) is 1. The van der Waals surface area contributed by atoms with E-state index in [0.717, 1.165) is 39.7 Å². The maximum Gasteiger partial charge on any atom is 0.251 e. The van der Waals surface area contributed by atoms with E-state index in [1.54, 1.807) is 25.1 Å². The number of carbonyl (C=O) groups excluding carboxylic acids is 1. The summed E-state index contributed by atoms with van der Waals surface area (Å²) in [5, 5.41) is 3.85. The van der Waals surface area contributed by atoms with E-state index in [0.29, 0.717) is 18.7 Å². The minimum atomic E-state index is -0.0357. The molecule has 0 aliphatic heterocycles. The van der Waals surface area contributed by atoms with Gasteiger partial charge in [0.2, 0.25) is 0 Å². The summed E-state index contributed by atoms with van der Waals surface area (Å²) in [6, 6.07) is 17.8. The SMILES string of the molecule is CCCNC(=O)c1ccc(Cn2c(SCc3ccc(OC)cc3)nc3ccncc32)cc1. The van der Waals surface area contributed by atoms with Crippen molar-refractivity contribution in [3.63, 3.8) is 0 Å². The molecule has 0 aliphatic carbocycles. The Labute approximate surface area is 192 Å². The van der Waals surface area contributed by atoms with E-state index in [2.05, 4.69) is 27.0 Å². The number of nitrogens with zero attached hydrogens (tertiary/aromatic N) is 3. The van der Waals surface area contributed by atoms with E-state index in [-0.39, 0.29) is 5.91 Å². The molecule has 32 heavy (non-hydrogen) atoms. The van der Waals surface area contributed by atoms with E-state index in [1.165, 1.54) is 5.56 Å². The lowest BCUT2D eigenvalue weighted by Crippen LogP contribution is -2.23. The van der Waals surface area contributed by atoms with Crippen molar-refractivity contribution in [2.75, 3.05) is 13.7 Å².